The van der Waals surface area contributed by atoms with Crippen LogP contribution in [0.5, 0.6) is 17.2 Å². The Kier molecular flexibility index (Phi) is 23.5. The van der Waals surface area contributed by atoms with Gasteiger partial charge >= 0.3 is 0 Å². The lowest BCUT2D eigenvalue weighted by atomic mass is 10.1. The fraction of sp³-hybridized carbons (Fsp3) is 0.250. The zero-order chi connectivity index (χ0) is 65.9. The first-order valence-electron chi connectivity index (χ1n) is 31.3. The molecule has 0 aliphatic carbocycles. The minimum Gasteiger partial charge on any atom is -0.497 e. The highest BCUT2D eigenvalue weighted by Gasteiger charge is 2.35. The molecule has 9 aromatic rings. The van der Waals surface area contributed by atoms with Gasteiger partial charge in [0.25, 0.3) is 22.1 Å². The number of rotatable bonds is 21. The molecule has 94 heavy (non-hydrogen) atoms. The van der Waals surface area contributed by atoms with Gasteiger partial charge in [-0.15, -0.1) is 0 Å². The third-order valence-electron chi connectivity index (χ3n) is 15.8. The number of aromatic nitrogens is 3. The van der Waals surface area contributed by atoms with Gasteiger partial charge in [-0.3, -0.25) is 28.4 Å². The Balaban J connectivity index is 1.08. The Morgan fingerprint density at radius 1 is 0.383 bits per heavy atom. The first-order chi connectivity index (χ1) is 45.7. The van der Waals surface area contributed by atoms with Gasteiger partial charge in [0.15, 0.2) is 0 Å². The molecule has 10 rings (SSSR count). The Morgan fingerprint density at radius 2 is 0.681 bits per heavy atom. The molecule has 3 aromatic heterocycles. The Morgan fingerprint density at radius 3 is 1.01 bits per heavy atom. The van der Waals surface area contributed by atoms with Crippen molar-refractivity contribution in [1.82, 2.24) is 29.7 Å². The van der Waals surface area contributed by atoms with Gasteiger partial charge in [-0.05, 0) is 173 Å². The number of hydrogen-bond acceptors (Lipinski definition) is 15. The lowest BCUT2D eigenvalue weighted by Crippen LogP contribution is -2.43. The second kappa shape index (κ2) is 32.4. The molecule has 0 spiro atoms. The fourth-order valence-electron chi connectivity index (χ4n) is 11.0. The Labute approximate surface area is 553 Å². The van der Waals surface area contributed by atoms with E-state index in [1.165, 1.54) is 0 Å². The third-order valence-corrected chi connectivity index (χ3v) is 23.1. The number of hydrogen-bond donors (Lipinski definition) is 0. The quantitative estimate of drug-likeness (QED) is 0.0494. The monoisotopic (exact) mass is 1310 g/mol. The highest BCUT2D eigenvalue weighted by Crippen LogP contribution is 2.46. The van der Waals surface area contributed by atoms with E-state index in [1.807, 2.05) is 203 Å². The molecule has 0 bridgehead atoms. The van der Waals surface area contributed by atoms with Crippen molar-refractivity contribution in [2.45, 2.75) is 53.4 Å². The second-order valence-electron chi connectivity index (χ2n) is 22.3. The van der Waals surface area contributed by atoms with E-state index >= 15 is 13.7 Å². The van der Waals surface area contributed by atoms with Crippen LogP contribution in [0, 0.1) is 35.5 Å². The van der Waals surface area contributed by atoms with Crippen molar-refractivity contribution in [3.8, 4) is 52.8 Å². The number of pyridine rings is 3. The van der Waals surface area contributed by atoms with Crippen molar-refractivity contribution in [3.05, 3.63) is 251 Å². The van der Waals surface area contributed by atoms with E-state index in [0.29, 0.717) is 118 Å². The maximum atomic E-state index is 15.5. The molecule has 4 heterocycles. The molecule has 1 fully saturated rings. The summed E-state index contributed by atoms with van der Waals surface area (Å²) in [5.41, 5.74) is 7.06. The zero-order valence-electron chi connectivity index (χ0n) is 54.1. The standard InChI is InChI=1S/C76H77N6O9P3/c1-8-89-92(83,71-20-14-11-15-21-71)74-51-62(29-26-59-32-38-68(86-5)39-33-59)48-65(77-74)55-80-44-45-81(56-66-49-63(30-27-60-34-40-69(87-6)41-35-60)52-75(78-66)93(84,90-9-2)72-22-16-12-17-23-72)54-58(4)82(47-46-80)57-67-50-64(31-28-61-36-42-70(88-7)43-37-61)53-76(79-67)94(85,91-10-3)73-24-18-13-19-25-73/h11-25,32-43,48-53,58H,8-10,44-47,54-57H2,1-7H3/t58-,92?,93?,94?/m0/s1. The van der Waals surface area contributed by atoms with E-state index in [4.69, 9.17) is 42.7 Å². The Hall–Kier alpha value is -8.70. The molecule has 0 saturated carbocycles. The normalized spacial score (nSPS) is 15.7. The minimum atomic E-state index is -3.75. The lowest BCUT2D eigenvalue weighted by Gasteiger charge is -2.32. The summed E-state index contributed by atoms with van der Waals surface area (Å²) >= 11 is 0. The van der Waals surface area contributed by atoms with E-state index < -0.39 is 22.1 Å². The highest BCUT2D eigenvalue weighted by molar-refractivity contribution is 7.74. The number of benzene rings is 6. The van der Waals surface area contributed by atoms with Crippen LogP contribution >= 0.6 is 22.1 Å². The zero-order valence-corrected chi connectivity index (χ0v) is 56.8. The molecule has 18 heteroatoms. The summed E-state index contributed by atoms with van der Waals surface area (Å²) < 4.78 is 81.4. The van der Waals surface area contributed by atoms with E-state index in [0.717, 1.165) is 33.9 Å². The van der Waals surface area contributed by atoms with E-state index in [-0.39, 0.29) is 25.9 Å². The molecule has 1 aliphatic rings. The van der Waals surface area contributed by atoms with Crippen molar-refractivity contribution < 1.29 is 41.5 Å². The largest absolute Gasteiger partial charge is 0.497 e. The molecule has 1 saturated heterocycles. The maximum Gasteiger partial charge on any atom is 0.279 e. The van der Waals surface area contributed by atoms with Gasteiger partial charge in [0, 0.05) is 108 Å². The minimum absolute atomic E-state index is 0.118. The summed E-state index contributed by atoms with van der Waals surface area (Å²) in [5.74, 6) is 22.2. The van der Waals surface area contributed by atoms with Crippen LogP contribution in [-0.2, 0) is 46.9 Å². The summed E-state index contributed by atoms with van der Waals surface area (Å²) in [6.45, 7) is 12.1. The van der Waals surface area contributed by atoms with Gasteiger partial charge in [-0.1, -0.05) is 90.1 Å². The first kappa shape index (κ1) is 68.2. The van der Waals surface area contributed by atoms with Gasteiger partial charge in [0.1, 0.15) is 33.6 Å². The van der Waals surface area contributed by atoms with Crippen LogP contribution in [0.2, 0.25) is 0 Å². The average Bonchev–Trinajstić information content (AvgIpc) is 0.816. The van der Waals surface area contributed by atoms with E-state index in [2.05, 4.69) is 57.1 Å². The first-order valence-corrected chi connectivity index (χ1v) is 36.2. The van der Waals surface area contributed by atoms with Gasteiger partial charge in [-0.2, -0.15) is 0 Å². The molecular formula is C76H77N6O9P3. The second-order valence-corrected chi connectivity index (χ2v) is 29.3. The number of ether oxygens (including phenoxy) is 3. The predicted octanol–water partition coefficient (Wildman–Crippen LogP) is 11.1. The van der Waals surface area contributed by atoms with Crippen LogP contribution in [0.1, 0.15) is 78.2 Å². The Bertz CT molecular complexity index is 4380. The summed E-state index contributed by atoms with van der Waals surface area (Å²) in [7, 11) is -6.35. The van der Waals surface area contributed by atoms with E-state index in [9.17, 15) is 0 Å². The number of nitrogens with zero attached hydrogens (tertiary/aromatic N) is 6. The van der Waals surface area contributed by atoms with Gasteiger partial charge < -0.3 is 27.8 Å². The summed E-state index contributed by atoms with van der Waals surface area (Å²) in [4.78, 5) is 22.8. The molecule has 4 atom stereocenters. The molecule has 480 valence electrons. The molecule has 6 aromatic carbocycles. The smallest absolute Gasteiger partial charge is 0.279 e. The molecule has 1 aliphatic heterocycles. The molecule has 0 radical (unpaired) electrons. The van der Waals surface area contributed by atoms with Crippen LogP contribution in [0.3, 0.4) is 0 Å². The summed E-state index contributed by atoms with van der Waals surface area (Å²) in [5, 5.41) is 1.59. The lowest BCUT2D eigenvalue weighted by molar-refractivity contribution is 0.146. The van der Waals surface area contributed by atoms with Crippen LogP contribution in [-0.4, -0.2) is 110 Å². The summed E-state index contributed by atoms with van der Waals surface area (Å²) in [6, 6.07) is 61.4. The van der Waals surface area contributed by atoms with Gasteiger partial charge in [0.2, 0.25) is 0 Å². The SMILES string of the molecule is CCOP(=O)(c1ccccc1)c1cc(C#Cc2ccc(OC)cc2)cc(CN2CCN(Cc3cc(C#Cc4ccc(OC)cc4)cc(P(=O)(OCC)c4ccccc4)n3)C[C@H](C)N(Cc3cc(C#Cc4ccc(OC)cc4)cc(P(=O)(OCC)c4ccccc4)n3)CC2)n1. The van der Waals surface area contributed by atoms with Gasteiger partial charge in [-0.25, -0.2) is 15.0 Å². The number of methoxy groups -OCH3 is 3. The van der Waals surface area contributed by atoms with Crippen LogP contribution in [0.25, 0.3) is 0 Å². The van der Waals surface area contributed by atoms with Crippen molar-refractivity contribution >= 4 is 54.3 Å². The van der Waals surface area contributed by atoms with Crippen molar-refractivity contribution in [1.29, 1.82) is 0 Å². The van der Waals surface area contributed by atoms with Crippen LogP contribution in [0.4, 0.5) is 0 Å². The third kappa shape index (κ3) is 17.4. The molecule has 15 nitrogen and oxygen atoms in total. The molecule has 3 unspecified atom stereocenters. The molecule has 0 amide bonds. The molecular weight excluding hydrogens is 1230 g/mol. The average molecular weight is 1310 g/mol. The highest BCUT2D eigenvalue weighted by atomic mass is 31.2. The van der Waals surface area contributed by atoms with Crippen molar-refractivity contribution in [2.24, 2.45) is 0 Å². The molecule has 0 N–H and O–H groups in total. The predicted molar refractivity (Wildman–Crippen MR) is 375 cm³/mol. The fourth-order valence-corrected chi connectivity index (χ4v) is 17.1. The topological polar surface area (TPSA) is 155 Å². The summed E-state index contributed by atoms with van der Waals surface area (Å²) in [6.07, 6.45) is 0. The van der Waals surface area contributed by atoms with E-state index in [1.54, 1.807) is 39.5 Å². The van der Waals surface area contributed by atoms with Crippen LogP contribution in [0.15, 0.2) is 200 Å². The maximum absolute atomic E-state index is 15.5. The van der Waals surface area contributed by atoms with Crippen molar-refractivity contribution in [2.75, 3.05) is 73.9 Å². The van der Waals surface area contributed by atoms with Crippen molar-refractivity contribution in [3.63, 3.8) is 0 Å². The van der Waals surface area contributed by atoms with Crippen LogP contribution < -0.4 is 46.4 Å². The van der Waals surface area contributed by atoms with Gasteiger partial charge in [0.05, 0.1) is 58.2 Å².